The predicted octanol–water partition coefficient (Wildman–Crippen LogP) is 0.953. The van der Waals surface area contributed by atoms with Crippen molar-refractivity contribution in [1.29, 1.82) is 0 Å². The highest BCUT2D eigenvalue weighted by Gasteiger charge is 2.14. The Morgan fingerprint density at radius 1 is 1.50 bits per heavy atom. The summed E-state index contributed by atoms with van der Waals surface area (Å²) < 4.78 is 0. The maximum absolute atomic E-state index is 5.83. The molecule has 0 atom stereocenters. The molecule has 0 aliphatic carbocycles. The van der Waals surface area contributed by atoms with Gasteiger partial charge in [-0.3, -0.25) is 9.98 Å². The van der Waals surface area contributed by atoms with Gasteiger partial charge in [-0.1, -0.05) is 6.07 Å². The number of aromatic nitrogens is 1. The molecule has 4 heteroatoms. The Balaban J connectivity index is 1.83. The van der Waals surface area contributed by atoms with Gasteiger partial charge in [0.25, 0.3) is 0 Å². The molecular formula is C12H18N4. The first kappa shape index (κ1) is 10.9. The molecule has 86 valence electrons. The summed E-state index contributed by atoms with van der Waals surface area (Å²) in [5.41, 5.74) is 7.96. The van der Waals surface area contributed by atoms with Gasteiger partial charge in [0.05, 0.1) is 0 Å². The predicted molar refractivity (Wildman–Crippen MR) is 65.4 cm³/mol. The molecule has 0 unspecified atom stereocenters. The topological polar surface area (TPSA) is 54.5 Å². The average molecular weight is 218 g/mol. The Morgan fingerprint density at radius 3 is 2.94 bits per heavy atom. The van der Waals surface area contributed by atoms with E-state index >= 15 is 0 Å². The molecule has 2 heterocycles. The van der Waals surface area contributed by atoms with Crippen molar-refractivity contribution in [3.05, 3.63) is 29.6 Å². The van der Waals surface area contributed by atoms with Crippen LogP contribution in [0, 0.1) is 6.92 Å². The van der Waals surface area contributed by atoms with Crippen LogP contribution in [0.3, 0.4) is 0 Å². The molecule has 0 radical (unpaired) electrons. The lowest BCUT2D eigenvalue weighted by Gasteiger charge is -2.31. The Hall–Kier alpha value is -1.58. The molecule has 0 amide bonds. The zero-order valence-electron chi connectivity index (χ0n) is 9.69. The van der Waals surface area contributed by atoms with Gasteiger partial charge in [0, 0.05) is 37.4 Å². The molecule has 0 aromatic carbocycles. The lowest BCUT2D eigenvalue weighted by molar-refractivity contribution is 0.296. The van der Waals surface area contributed by atoms with Crippen molar-refractivity contribution in [2.24, 2.45) is 10.7 Å². The first-order valence-electron chi connectivity index (χ1n) is 5.73. The summed E-state index contributed by atoms with van der Waals surface area (Å²) in [7, 11) is 0. The van der Waals surface area contributed by atoms with Gasteiger partial charge < -0.3 is 10.6 Å². The molecule has 16 heavy (non-hydrogen) atoms. The van der Waals surface area contributed by atoms with Crippen molar-refractivity contribution < 1.29 is 0 Å². The molecule has 1 fully saturated rings. The van der Waals surface area contributed by atoms with Crippen LogP contribution in [0.1, 0.15) is 17.8 Å². The van der Waals surface area contributed by atoms with E-state index in [0.717, 1.165) is 37.4 Å². The molecule has 0 bridgehead atoms. The minimum absolute atomic E-state index is 0.680. The largest absolute Gasteiger partial charge is 0.370 e. The summed E-state index contributed by atoms with van der Waals surface area (Å²) in [4.78, 5) is 10.9. The number of likely N-dealkylation sites (tertiary alicyclic amines) is 1. The summed E-state index contributed by atoms with van der Waals surface area (Å²) in [6.07, 6.45) is 2.09. The summed E-state index contributed by atoms with van der Waals surface area (Å²) in [5, 5.41) is 0. The normalized spacial score (nSPS) is 16.1. The lowest BCUT2D eigenvalue weighted by atomic mass is 10.2. The molecule has 1 saturated heterocycles. The number of hydrogen-bond acceptors (Lipinski definition) is 2. The highest BCUT2D eigenvalue weighted by atomic mass is 15.3. The summed E-state index contributed by atoms with van der Waals surface area (Å²) >= 11 is 0. The van der Waals surface area contributed by atoms with Crippen LogP contribution in [-0.4, -0.2) is 35.5 Å². The van der Waals surface area contributed by atoms with Crippen molar-refractivity contribution in [3.63, 3.8) is 0 Å². The van der Waals surface area contributed by atoms with Crippen molar-refractivity contribution in [2.45, 2.75) is 19.8 Å². The van der Waals surface area contributed by atoms with Gasteiger partial charge in [-0.15, -0.1) is 0 Å². The van der Waals surface area contributed by atoms with Gasteiger partial charge in [-0.2, -0.15) is 0 Å². The Kier molecular flexibility index (Phi) is 3.39. The maximum Gasteiger partial charge on any atom is 0.191 e. The second-order valence-corrected chi connectivity index (χ2v) is 4.10. The molecule has 1 aromatic heterocycles. The van der Waals surface area contributed by atoms with Crippen LogP contribution in [0.4, 0.5) is 0 Å². The molecule has 0 spiro atoms. The first-order valence-corrected chi connectivity index (χ1v) is 5.73. The van der Waals surface area contributed by atoms with Crippen molar-refractivity contribution in [2.75, 3.05) is 19.6 Å². The molecule has 2 N–H and O–H groups in total. The fraction of sp³-hybridized carbons (Fsp3) is 0.500. The smallest absolute Gasteiger partial charge is 0.191 e. The van der Waals surface area contributed by atoms with Crippen molar-refractivity contribution >= 4 is 5.96 Å². The van der Waals surface area contributed by atoms with E-state index < -0.39 is 0 Å². The van der Waals surface area contributed by atoms with Crippen LogP contribution < -0.4 is 5.73 Å². The second kappa shape index (κ2) is 4.96. The fourth-order valence-corrected chi connectivity index (χ4v) is 1.67. The third-order valence-electron chi connectivity index (χ3n) is 2.77. The van der Waals surface area contributed by atoms with Crippen molar-refractivity contribution in [1.82, 2.24) is 9.88 Å². The molecule has 1 aromatic rings. The number of pyridine rings is 1. The van der Waals surface area contributed by atoms with Gasteiger partial charge in [0.1, 0.15) is 0 Å². The lowest BCUT2D eigenvalue weighted by Crippen LogP contribution is -2.46. The van der Waals surface area contributed by atoms with E-state index in [2.05, 4.69) is 14.9 Å². The average Bonchev–Trinajstić information content (AvgIpc) is 2.15. The third-order valence-corrected chi connectivity index (χ3v) is 2.77. The quantitative estimate of drug-likeness (QED) is 0.607. The van der Waals surface area contributed by atoms with Crippen LogP contribution in [0.15, 0.2) is 23.2 Å². The van der Waals surface area contributed by atoms with Crippen LogP contribution in [0.5, 0.6) is 0 Å². The molecule has 1 aliphatic rings. The van der Waals surface area contributed by atoms with Crippen molar-refractivity contribution in [3.8, 4) is 0 Å². The third kappa shape index (κ3) is 2.72. The van der Waals surface area contributed by atoms with Crippen LogP contribution in [0.2, 0.25) is 0 Å². The first-order chi connectivity index (χ1) is 7.75. The van der Waals surface area contributed by atoms with Gasteiger partial charge in [0.15, 0.2) is 5.96 Å². The highest BCUT2D eigenvalue weighted by Crippen LogP contribution is 2.04. The van der Waals surface area contributed by atoms with Crippen LogP contribution in [0.25, 0.3) is 0 Å². The molecule has 1 aliphatic heterocycles. The van der Waals surface area contributed by atoms with E-state index in [-0.39, 0.29) is 0 Å². The summed E-state index contributed by atoms with van der Waals surface area (Å²) in [6, 6.07) is 6.06. The van der Waals surface area contributed by atoms with E-state index in [1.807, 2.05) is 25.1 Å². The van der Waals surface area contributed by atoms with E-state index in [4.69, 9.17) is 5.73 Å². The van der Waals surface area contributed by atoms with Gasteiger partial charge in [-0.05, 0) is 25.5 Å². The maximum atomic E-state index is 5.83. The number of nitrogens with zero attached hydrogens (tertiary/aromatic N) is 3. The zero-order valence-corrected chi connectivity index (χ0v) is 9.69. The standard InChI is InChI=1S/C12H18N4/c1-10-4-2-5-11(15-10)6-7-14-12(13)16-8-3-9-16/h2,4-5H,3,6-9H2,1H3,(H2,13,14). The Bertz CT molecular complexity index is 382. The molecule has 2 rings (SSSR count). The van der Waals surface area contributed by atoms with E-state index in [0.29, 0.717) is 5.96 Å². The summed E-state index contributed by atoms with van der Waals surface area (Å²) in [5.74, 6) is 0.680. The Labute approximate surface area is 96.2 Å². The minimum atomic E-state index is 0.680. The van der Waals surface area contributed by atoms with E-state index in [9.17, 15) is 0 Å². The van der Waals surface area contributed by atoms with Gasteiger partial charge >= 0.3 is 0 Å². The minimum Gasteiger partial charge on any atom is -0.370 e. The molecule has 4 nitrogen and oxygen atoms in total. The number of guanidine groups is 1. The second-order valence-electron chi connectivity index (χ2n) is 4.10. The monoisotopic (exact) mass is 218 g/mol. The molecular weight excluding hydrogens is 200 g/mol. The number of aryl methyl sites for hydroxylation is 1. The van der Waals surface area contributed by atoms with E-state index in [1.165, 1.54) is 6.42 Å². The zero-order chi connectivity index (χ0) is 11.4. The van der Waals surface area contributed by atoms with Gasteiger partial charge in [-0.25, -0.2) is 0 Å². The fourth-order valence-electron chi connectivity index (χ4n) is 1.67. The number of hydrogen-bond donors (Lipinski definition) is 1. The number of nitrogens with two attached hydrogens (primary N) is 1. The van der Waals surface area contributed by atoms with Gasteiger partial charge in [0.2, 0.25) is 0 Å². The van der Waals surface area contributed by atoms with E-state index in [1.54, 1.807) is 0 Å². The summed E-state index contributed by atoms with van der Waals surface area (Å²) in [6.45, 7) is 4.83. The Morgan fingerprint density at radius 2 is 2.31 bits per heavy atom. The number of rotatable bonds is 3. The van der Waals surface area contributed by atoms with Crippen LogP contribution in [-0.2, 0) is 6.42 Å². The SMILES string of the molecule is Cc1cccc(CCN=C(N)N2CCC2)n1. The van der Waals surface area contributed by atoms with Crippen LogP contribution >= 0.6 is 0 Å². The molecule has 0 saturated carbocycles. The highest BCUT2D eigenvalue weighted by molar-refractivity contribution is 5.78. The number of aliphatic imine (C=N–C) groups is 1.